The first kappa shape index (κ1) is 19.0. The molecular formula is C20H21N3O3S. The van der Waals surface area contributed by atoms with Gasteiger partial charge in [-0.2, -0.15) is 0 Å². The lowest BCUT2D eigenvalue weighted by Gasteiger charge is -2.09. The number of hydrogen-bond donors (Lipinski definition) is 1. The summed E-state index contributed by atoms with van der Waals surface area (Å²) in [6, 6.07) is 14.7. The van der Waals surface area contributed by atoms with E-state index in [1.54, 1.807) is 19.2 Å². The van der Waals surface area contributed by atoms with Crippen molar-refractivity contribution in [3.05, 3.63) is 54.1 Å². The van der Waals surface area contributed by atoms with Crippen molar-refractivity contribution < 1.29 is 14.3 Å². The molecular weight excluding hydrogens is 362 g/mol. The van der Waals surface area contributed by atoms with Crippen LogP contribution in [-0.4, -0.2) is 39.9 Å². The number of hydrogen-bond acceptors (Lipinski definition) is 6. The molecule has 1 heterocycles. The molecule has 140 valence electrons. The fourth-order valence-electron chi connectivity index (χ4n) is 2.51. The number of methoxy groups -OCH3 is 1. The molecule has 3 aromatic rings. The van der Waals surface area contributed by atoms with Crippen molar-refractivity contribution in [1.29, 1.82) is 0 Å². The molecule has 0 saturated carbocycles. The summed E-state index contributed by atoms with van der Waals surface area (Å²) in [4.78, 5) is 17.1. The lowest BCUT2D eigenvalue weighted by Crippen LogP contribution is -2.13. The van der Waals surface area contributed by atoms with Crippen LogP contribution in [0.5, 0.6) is 11.5 Å². The first-order valence-corrected chi connectivity index (χ1v) is 9.49. The zero-order valence-corrected chi connectivity index (χ0v) is 16.2. The monoisotopic (exact) mass is 383 g/mol. The maximum absolute atomic E-state index is 12.6. The largest absolute Gasteiger partial charge is 0.497 e. The van der Waals surface area contributed by atoms with Gasteiger partial charge in [0.25, 0.3) is 0 Å². The molecule has 0 amide bonds. The van der Waals surface area contributed by atoms with Gasteiger partial charge in [0, 0.05) is 11.1 Å². The SMILES string of the molecule is CCOc1ccc(C(=O)[C@@H](C)Sc2n[nH]c(-c3ccc(OC)cc3)n2)cc1. The normalized spacial score (nSPS) is 11.8. The van der Waals surface area contributed by atoms with Crippen LogP contribution in [0.1, 0.15) is 24.2 Å². The first-order chi connectivity index (χ1) is 13.1. The standard InChI is InChI=1S/C20H21N3O3S/c1-4-26-17-11-5-14(6-12-17)18(24)13(2)27-20-21-19(22-23-20)15-7-9-16(25-3)10-8-15/h5-13H,4H2,1-3H3,(H,21,22,23)/t13-/m1/s1. The predicted octanol–water partition coefficient (Wildman–Crippen LogP) is 4.24. The summed E-state index contributed by atoms with van der Waals surface area (Å²) < 4.78 is 10.6. The third-order valence-corrected chi connectivity index (χ3v) is 4.89. The zero-order valence-electron chi connectivity index (χ0n) is 15.4. The molecule has 0 spiro atoms. The van der Waals surface area contributed by atoms with Crippen molar-refractivity contribution in [1.82, 2.24) is 15.2 Å². The third kappa shape index (κ3) is 4.68. The van der Waals surface area contributed by atoms with Crippen molar-refractivity contribution >= 4 is 17.5 Å². The second kappa shape index (κ2) is 8.73. The van der Waals surface area contributed by atoms with Gasteiger partial charge in [-0.3, -0.25) is 9.89 Å². The average Bonchev–Trinajstić information content (AvgIpc) is 3.17. The number of Topliss-reactive ketones (excluding diaryl/α,β-unsaturated/α-hetero) is 1. The van der Waals surface area contributed by atoms with Crippen LogP contribution in [-0.2, 0) is 0 Å². The van der Waals surface area contributed by atoms with Crippen LogP contribution in [0.3, 0.4) is 0 Å². The topological polar surface area (TPSA) is 77.1 Å². The van der Waals surface area contributed by atoms with Crippen molar-refractivity contribution in [2.45, 2.75) is 24.3 Å². The molecule has 0 radical (unpaired) electrons. The highest BCUT2D eigenvalue weighted by Gasteiger charge is 2.19. The van der Waals surface area contributed by atoms with Gasteiger partial charge in [0.05, 0.1) is 19.0 Å². The number of carbonyl (C=O) groups excluding carboxylic acids is 1. The van der Waals surface area contributed by atoms with Gasteiger partial charge in [-0.05, 0) is 62.4 Å². The molecule has 7 heteroatoms. The number of ether oxygens (including phenoxy) is 2. The van der Waals surface area contributed by atoms with E-state index in [9.17, 15) is 4.79 Å². The summed E-state index contributed by atoms with van der Waals surface area (Å²) >= 11 is 1.33. The van der Waals surface area contributed by atoms with Crippen molar-refractivity contribution in [3.8, 4) is 22.9 Å². The van der Waals surface area contributed by atoms with Gasteiger partial charge in [-0.15, -0.1) is 5.10 Å². The second-order valence-electron chi connectivity index (χ2n) is 5.78. The maximum Gasteiger partial charge on any atom is 0.209 e. The molecule has 0 bridgehead atoms. The molecule has 1 aromatic heterocycles. The highest BCUT2D eigenvalue weighted by Crippen LogP contribution is 2.26. The Hall–Kier alpha value is -2.80. The highest BCUT2D eigenvalue weighted by molar-refractivity contribution is 8.00. The van der Waals surface area contributed by atoms with E-state index in [2.05, 4.69) is 15.2 Å². The van der Waals surface area contributed by atoms with E-state index in [0.29, 0.717) is 23.2 Å². The van der Waals surface area contributed by atoms with Crippen LogP contribution in [0.4, 0.5) is 0 Å². The number of rotatable bonds is 8. The Kier molecular flexibility index (Phi) is 6.13. The molecule has 0 aliphatic heterocycles. The van der Waals surface area contributed by atoms with E-state index < -0.39 is 0 Å². The van der Waals surface area contributed by atoms with E-state index in [0.717, 1.165) is 17.1 Å². The van der Waals surface area contributed by atoms with Gasteiger partial charge in [-0.25, -0.2) is 4.98 Å². The van der Waals surface area contributed by atoms with E-state index >= 15 is 0 Å². The number of ketones is 1. The summed E-state index contributed by atoms with van der Waals surface area (Å²) in [5.74, 6) is 2.22. The number of H-pyrrole nitrogens is 1. The summed E-state index contributed by atoms with van der Waals surface area (Å²) in [5, 5.41) is 7.36. The molecule has 0 aliphatic rings. The molecule has 27 heavy (non-hydrogen) atoms. The fourth-order valence-corrected chi connectivity index (χ4v) is 3.31. The molecule has 0 fully saturated rings. The molecule has 3 rings (SSSR count). The minimum absolute atomic E-state index is 0.0267. The van der Waals surface area contributed by atoms with Crippen molar-refractivity contribution in [3.63, 3.8) is 0 Å². The molecule has 0 saturated heterocycles. The highest BCUT2D eigenvalue weighted by atomic mass is 32.2. The van der Waals surface area contributed by atoms with E-state index in [4.69, 9.17) is 9.47 Å². The van der Waals surface area contributed by atoms with E-state index in [1.807, 2.05) is 50.2 Å². The summed E-state index contributed by atoms with van der Waals surface area (Å²) in [6.07, 6.45) is 0. The Morgan fingerprint density at radius 3 is 2.41 bits per heavy atom. The average molecular weight is 383 g/mol. The first-order valence-electron chi connectivity index (χ1n) is 8.61. The van der Waals surface area contributed by atoms with Gasteiger partial charge < -0.3 is 9.47 Å². The zero-order chi connectivity index (χ0) is 19.2. The number of benzene rings is 2. The molecule has 6 nitrogen and oxygen atoms in total. The predicted molar refractivity (Wildman–Crippen MR) is 106 cm³/mol. The smallest absolute Gasteiger partial charge is 0.209 e. The number of carbonyl (C=O) groups is 1. The summed E-state index contributed by atoms with van der Waals surface area (Å²) in [7, 11) is 1.63. The molecule has 0 unspecified atom stereocenters. The number of nitrogens with zero attached hydrogens (tertiary/aromatic N) is 2. The Balaban J connectivity index is 1.65. The molecule has 2 aromatic carbocycles. The quantitative estimate of drug-likeness (QED) is 0.463. The minimum Gasteiger partial charge on any atom is -0.497 e. The Morgan fingerprint density at radius 2 is 1.78 bits per heavy atom. The number of aromatic amines is 1. The van der Waals surface area contributed by atoms with Crippen LogP contribution >= 0.6 is 11.8 Å². The van der Waals surface area contributed by atoms with Crippen molar-refractivity contribution in [2.75, 3.05) is 13.7 Å². The number of thioether (sulfide) groups is 1. The lowest BCUT2D eigenvalue weighted by atomic mass is 10.1. The van der Waals surface area contributed by atoms with Gasteiger partial charge in [0.15, 0.2) is 11.6 Å². The Labute approximate surface area is 162 Å². The van der Waals surface area contributed by atoms with Crippen LogP contribution in [0.25, 0.3) is 11.4 Å². The third-order valence-electron chi connectivity index (χ3n) is 3.93. The van der Waals surface area contributed by atoms with Crippen LogP contribution in [0.2, 0.25) is 0 Å². The molecule has 0 aliphatic carbocycles. The number of nitrogens with one attached hydrogen (secondary N) is 1. The Morgan fingerprint density at radius 1 is 1.11 bits per heavy atom. The lowest BCUT2D eigenvalue weighted by molar-refractivity contribution is 0.0994. The van der Waals surface area contributed by atoms with Gasteiger partial charge in [0.1, 0.15) is 11.5 Å². The maximum atomic E-state index is 12.6. The minimum atomic E-state index is -0.303. The van der Waals surface area contributed by atoms with Crippen LogP contribution in [0, 0.1) is 0 Å². The molecule has 1 atom stereocenters. The summed E-state index contributed by atoms with van der Waals surface area (Å²) in [6.45, 7) is 4.38. The van der Waals surface area contributed by atoms with Gasteiger partial charge in [0.2, 0.25) is 5.16 Å². The van der Waals surface area contributed by atoms with Crippen LogP contribution in [0.15, 0.2) is 53.7 Å². The van der Waals surface area contributed by atoms with E-state index in [1.165, 1.54) is 11.8 Å². The van der Waals surface area contributed by atoms with Crippen molar-refractivity contribution in [2.24, 2.45) is 0 Å². The fraction of sp³-hybridized carbons (Fsp3) is 0.250. The molecule has 1 N–H and O–H groups in total. The number of aromatic nitrogens is 3. The van der Waals surface area contributed by atoms with Gasteiger partial charge in [-0.1, -0.05) is 11.8 Å². The van der Waals surface area contributed by atoms with Crippen LogP contribution < -0.4 is 9.47 Å². The Bertz CT molecular complexity index is 892. The van der Waals surface area contributed by atoms with E-state index in [-0.39, 0.29) is 11.0 Å². The van der Waals surface area contributed by atoms with Gasteiger partial charge >= 0.3 is 0 Å². The summed E-state index contributed by atoms with van der Waals surface area (Å²) in [5.41, 5.74) is 1.55. The second-order valence-corrected chi connectivity index (χ2v) is 7.08.